The number of hydrogen-bond donors (Lipinski definition) is 1. The summed E-state index contributed by atoms with van der Waals surface area (Å²) in [4.78, 5) is 22.2. The molecule has 4 nitrogen and oxygen atoms in total. The van der Waals surface area contributed by atoms with Gasteiger partial charge >= 0.3 is 0 Å². The second-order valence-electron chi connectivity index (χ2n) is 7.16. The lowest BCUT2D eigenvalue weighted by Crippen LogP contribution is -2.13. The number of aryl methyl sites for hydroxylation is 1. The molecular formula is C25H22ClN3O. The zero-order valence-electron chi connectivity index (χ0n) is 16.7. The van der Waals surface area contributed by atoms with Crippen LogP contribution in [0.1, 0.15) is 35.7 Å². The highest BCUT2D eigenvalue weighted by Crippen LogP contribution is 2.29. The van der Waals surface area contributed by atoms with Gasteiger partial charge in [-0.25, -0.2) is 4.98 Å². The van der Waals surface area contributed by atoms with E-state index in [1.165, 1.54) is 5.56 Å². The van der Waals surface area contributed by atoms with E-state index in [1.54, 1.807) is 18.3 Å². The molecule has 1 N–H and O–H groups in total. The largest absolute Gasteiger partial charge is 0.322 e. The highest BCUT2D eigenvalue weighted by atomic mass is 35.5. The van der Waals surface area contributed by atoms with Gasteiger partial charge in [0.25, 0.3) is 5.91 Å². The number of nitrogens with one attached hydrogen (secondary N) is 1. The van der Waals surface area contributed by atoms with Crippen molar-refractivity contribution in [2.45, 2.75) is 26.2 Å². The quantitative estimate of drug-likeness (QED) is 0.388. The van der Waals surface area contributed by atoms with Gasteiger partial charge in [0, 0.05) is 17.3 Å². The Balaban J connectivity index is 1.70. The van der Waals surface area contributed by atoms with Crippen LogP contribution in [0.5, 0.6) is 0 Å². The van der Waals surface area contributed by atoms with E-state index in [4.69, 9.17) is 11.6 Å². The highest BCUT2D eigenvalue weighted by molar-refractivity contribution is 6.35. The number of aromatic nitrogens is 2. The zero-order chi connectivity index (χ0) is 20.9. The molecule has 0 bridgehead atoms. The second-order valence-corrected chi connectivity index (χ2v) is 7.57. The summed E-state index contributed by atoms with van der Waals surface area (Å²) < 4.78 is 0. The molecule has 0 unspecified atom stereocenters. The fourth-order valence-electron chi connectivity index (χ4n) is 3.38. The summed E-state index contributed by atoms with van der Waals surface area (Å²) in [6.45, 7) is 2.18. The van der Waals surface area contributed by atoms with Gasteiger partial charge in [0.05, 0.1) is 27.5 Å². The first-order chi connectivity index (χ1) is 14.7. The fourth-order valence-corrected chi connectivity index (χ4v) is 3.60. The topological polar surface area (TPSA) is 54.9 Å². The predicted molar refractivity (Wildman–Crippen MR) is 123 cm³/mol. The van der Waals surface area contributed by atoms with Crippen LogP contribution in [0.15, 0.2) is 72.9 Å². The number of nitrogens with zero attached hydrogens (tertiary/aromatic N) is 2. The van der Waals surface area contributed by atoms with E-state index in [0.717, 1.165) is 24.9 Å². The summed E-state index contributed by atoms with van der Waals surface area (Å²) in [5, 5.41) is 4.21. The Kier molecular flexibility index (Phi) is 6.05. The van der Waals surface area contributed by atoms with Crippen LogP contribution >= 0.6 is 11.6 Å². The summed E-state index contributed by atoms with van der Waals surface area (Å²) in [5.74, 6) is -0.205. The maximum absolute atomic E-state index is 13.2. The van der Waals surface area contributed by atoms with Crippen molar-refractivity contribution in [1.82, 2.24) is 9.97 Å². The van der Waals surface area contributed by atoms with Gasteiger partial charge in [-0.3, -0.25) is 9.78 Å². The Morgan fingerprint density at radius 1 is 1.00 bits per heavy atom. The minimum atomic E-state index is -0.205. The fraction of sp³-hybridized carbons (Fsp3) is 0.160. The molecule has 1 amide bonds. The van der Waals surface area contributed by atoms with E-state index in [-0.39, 0.29) is 5.91 Å². The lowest BCUT2D eigenvalue weighted by atomic mass is 10.0. The molecule has 0 radical (unpaired) electrons. The van der Waals surface area contributed by atoms with Crippen molar-refractivity contribution < 1.29 is 4.79 Å². The number of amides is 1. The second kappa shape index (κ2) is 9.06. The number of fused-ring (bicyclic) bond motifs is 1. The van der Waals surface area contributed by atoms with E-state index in [0.29, 0.717) is 32.9 Å². The van der Waals surface area contributed by atoms with Crippen molar-refractivity contribution in [3.8, 4) is 11.4 Å². The Bertz CT molecular complexity index is 1170. The summed E-state index contributed by atoms with van der Waals surface area (Å²) in [6, 6.07) is 20.8. The number of pyridine rings is 2. The molecule has 0 saturated carbocycles. The number of halogens is 1. The van der Waals surface area contributed by atoms with Gasteiger partial charge in [0.2, 0.25) is 0 Å². The van der Waals surface area contributed by atoms with Gasteiger partial charge in [-0.1, -0.05) is 55.3 Å². The van der Waals surface area contributed by atoms with Crippen LogP contribution in [0.2, 0.25) is 5.02 Å². The van der Waals surface area contributed by atoms with Crippen molar-refractivity contribution in [2.75, 3.05) is 5.32 Å². The third-order valence-electron chi connectivity index (χ3n) is 4.99. The van der Waals surface area contributed by atoms with Gasteiger partial charge in [-0.2, -0.15) is 0 Å². The molecule has 0 aliphatic heterocycles. The first kappa shape index (κ1) is 20.0. The van der Waals surface area contributed by atoms with Crippen LogP contribution in [0.4, 0.5) is 5.69 Å². The molecule has 5 heteroatoms. The molecule has 0 saturated heterocycles. The number of anilines is 1. The number of hydrogen-bond acceptors (Lipinski definition) is 3. The van der Waals surface area contributed by atoms with Gasteiger partial charge in [0.15, 0.2) is 0 Å². The van der Waals surface area contributed by atoms with E-state index < -0.39 is 0 Å². The predicted octanol–water partition coefficient (Wildman–Crippen LogP) is 6.55. The minimum absolute atomic E-state index is 0.205. The number of benzene rings is 2. The van der Waals surface area contributed by atoms with E-state index in [9.17, 15) is 4.79 Å². The molecule has 4 rings (SSSR count). The third-order valence-corrected chi connectivity index (χ3v) is 5.30. The van der Waals surface area contributed by atoms with Crippen LogP contribution in [0.25, 0.3) is 22.3 Å². The maximum Gasteiger partial charge on any atom is 0.256 e. The van der Waals surface area contributed by atoms with Crippen LogP contribution in [-0.4, -0.2) is 15.9 Å². The van der Waals surface area contributed by atoms with Gasteiger partial charge in [-0.05, 0) is 54.8 Å². The zero-order valence-corrected chi connectivity index (χ0v) is 17.5. The third kappa shape index (κ3) is 4.34. The Morgan fingerprint density at radius 3 is 2.57 bits per heavy atom. The molecule has 30 heavy (non-hydrogen) atoms. The summed E-state index contributed by atoms with van der Waals surface area (Å²) >= 11 is 6.40. The molecule has 4 aromatic rings. The molecule has 150 valence electrons. The summed E-state index contributed by atoms with van der Waals surface area (Å²) in [7, 11) is 0. The summed E-state index contributed by atoms with van der Waals surface area (Å²) in [6.07, 6.45) is 5.07. The molecule has 0 atom stereocenters. The van der Waals surface area contributed by atoms with Crippen molar-refractivity contribution in [2.24, 2.45) is 0 Å². The number of carbonyl (C=O) groups excluding carboxylic acids is 1. The van der Waals surface area contributed by atoms with Gasteiger partial charge in [-0.15, -0.1) is 0 Å². The first-order valence-electron chi connectivity index (χ1n) is 10.1. The van der Waals surface area contributed by atoms with Crippen LogP contribution in [0, 0.1) is 0 Å². The molecule has 2 aromatic carbocycles. The van der Waals surface area contributed by atoms with E-state index >= 15 is 0 Å². The Morgan fingerprint density at radius 2 is 1.83 bits per heavy atom. The molecule has 0 aliphatic carbocycles. The number of unbranched alkanes of at least 4 members (excludes halogenated alkanes) is 1. The van der Waals surface area contributed by atoms with Crippen LogP contribution in [0.3, 0.4) is 0 Å². The number of para-hydroxylation sites is 1. The van der Waals surface area contributed by atoms with Gasteiger partial charge in [0.1, 0.15) is 0 Å². The van der Waals surface area contributed by atoms with Gasteiger partial charge < -0.3 is 5.32 Å². The molecular weight excluding hydrogens is 394 g/mol. The van der Waals surface area contributed by atoms with E-state index in [1.807, 2.05) is 42.5 Å². The Hall–Kier alpha value is -3.24. The standard InChI is InChI=1S/C25H22ClN3O/c1-2-3-7-17-11-13-18(14-12-17)28-25(30)20-16-23(22-10-4-5-15-27-22)29-24-19(20)8-6-9-21(24)26/h4-6,8-16H,2-3,7H2,1H3,(H,28,30). The maximum atomic E-state index is 13.2. The average molecular weight is 416 g/mol. The van der Waals surface area contributed by atoms with Crippen LogP contribution in [-0.2, 0) is 6.42 Å². The lowest BCUT2D eigenvalue weighted by Gasteiger charge is -2.11. The van der Waals surface area contributed by atoms with Crippen molar-refractivity contribution in [3.05, 3.63) is 89.1 Å². The Labute approximate surface area is 181 Å². The summed E-state index contributed by atoms with van der Waals surface area (Å²) in [5.41, 5.74) is 4.42. The highest BCUT2D eigenvalue weighted by Gasteiger charge is 2.16. The number of carbonyl (C=O) groups is 1. The molecule has 0 aliphatic rings. The molecule has 2 aromatic heterocycles. The average Bonchev–Trinajstić information content (AvgIpc) is 2.79. The van der Waals surface area contributed by atoms with E-state index in [2.05, 4.69) is 34.3 Å². The van der Waals surface area contributed by atoms with Crippen LogP contribution < -0.4 is 5.32 Å². The normalized spacial score (nSPS) is 10.9. The lowest BCUT2D eigenvalue weighted by molar-refractivity contribution is 0.102. The molecule has 0 fully saturated rings. The van der Waals surface area contributed by atoms with Crippen molar-refractivity contribution in [1.29, 1.82) is 0 Å². The smallest absolute Gasteiger partial charge is 0.256 e. The SMILES string of the molecule is CCCCc1ccc(NC(=O)c2cc(-c3ccccn3)nc3c(Cl)cccc23)cc1. The molecule has 0 spiro atoms. The first-order valence-corrected chi connectivity index (χ1v) is 10.4. The number of rotatable bonds is 6. The monoisotopic (exact) mass is 415 g/mol. The van der Waals surface area contributed by atoms with Crippen molar-refractivity contribution >= 4 is 34.1 Å². The van der Waals surface area contributed by atoms with Crippen molar-refractivity contribution in [3.63, 3.8) is 0 Å². The minimum Gasteiger partial charge on any atom is -0.322 e. The molecule has 2 heterocycles.